The minimum Gasteiger partial charge on any atom is -0.459 e. The van der Waals surface area contributed by atoms with Crippen molar-refractivity contribution >= 4 is 37.4 Å². The van der Waals surface area contributed by atoms with Crippen LogP contribution in [0.4, 0.5) is 0 Å². The molecule has 0 amide bonds. The lowest BCUT2D eigenvalue weighted by Gasteiger charge is -2.41. The van der Waals surface area contributed by atoms with Gasteiger partial charge in [0.05, 0.1) is 16.4 Å². The van der Waals surface area contributed by atoms with E-state index >= 15 is 0 Å². The van der Waals surface area contributed by atoms with Gasteiger partial charge in [-0.05, 0) is 64.2 Å². The van der Waals surface area contributed by atoms with E-state index in [0.717, 1.165) is 18.4 Å². The van der Waals surface area contributed by atoms with Gasteiger partial charge in [-0.2, -0.15) is 0 Å². The van der Waals surface area contributed by atoms with Crippen molar-refractivity contribution in [2.45, 2.75) is 48.6 Å². The van der Waals surface area contributed by atoms with Crippen LogP contribution in [-0.2, 0) is 19.4 Å². The Labute approximate surface area is 197 Å². The number of sulfone groups is 1. The predicted octanol–water partition coefficient (Wildman–Crippen LogP) is 4.79. The van der Waals surface area contributed by atoms with Crippen LogP contribution in [0.15, 0.2) is 70.6 Å². The normalized spacial score (nSPS) is 32.4. The zero-order valence-corrected chi connectivity index (χ0v) is 20.5. The molecular weight excluding hydrogens is 490 g/mol. The average Bonchev–Trinajstić information content (AvgIpc) is 3.37. The Hall–Kier alpha value is -1.99. The number of rotatable bonds is 6. The molecule has 0 saturated heterocycles. The molecule has 168 valence electrons. The summed E-state index contributed by atoms with van der Waals surface area (Å²) in [5.74, 6) is -0.153. The number of hydrogen-bond acceptors (Lipinski definition) is 5. The molecule has 0 spiro atoms. The van der Waals surface area contributed by atoms with Crippen molar-refractivity contribution in [3.8, 4) is 0 Å². The lowest BCUT2D eigenvalue weighted by atomic mass is 9.69. The van der Waals surface area contributed by atoms with Crippen molar-refractivity contribution < 1.29 is 17.9 Å². The van der Waals surface area contributed by atoms with Crippen LogP contribution in [0.2, 0.25) is 0 Å². The highest BCUT2D eigenvalue weighted by Gasteiger charge is 2.68. The molecule has 4 unspecified atom stereocenters. The van der Waals surface area contributed by atoms with Crippen LogP contribution in [0, 0.1) is 16.7 Å². The molecule has 4 atom stereocenters. The van der Waals surface area contributed by atoms with E-state index in [0.29, 0.717) is 22.9 Å². The zero-order valence-electron chi connectivity index (χ0n) is 18.1. The van der Waals surface area contributed by atoms with Gasteiger partial charge < -0.3 is 4.74 Å². The summed E-state index contributed by atoms with van der Waals surface area (Å²) in [6.07, 6.45) is 1.92. The van der Waals surface area contributed by atoms with Crippen molar-refractivity contribution in [1.29, 1.82) is 0 Å². The maximum Gasteiger partial charge on any atom is 0.351 e. The van der Waals surface area contributed by atoms with Crippen LogP contribution in [0.3, 0.4) is 0 Å². The summed E-state index contributed by atoms with van der Waals surface area (Å²) in [5, 5.41) is 0. The van der Waals surface area contributed by atoms with Crippen LogP contribution >= 0.6 is 15.9 Å². The predicted molar refractivity (Wildman–Crippen MR) is 127 cm³/mol. The van der Waals surface area contributed by atoms with Crippen LogP contribution in [0.25, 0.3) is 0 Å². The molecule has 0 radical (unpaired) electrons. The zero-order chi connectivity index (χ0) is 22.8. The summed E-state index contributed by atoms with van der Waals surface area (Å²) >= 11 is 3.47. The number of fused-ring (bicyclic) bond motifs is 2. The Morgan fingerprint density at radius 2 is 1.72 bits per heavy atom. The number of alkyl halides is 1. The maximum atomic E-state index is 13.4. The number of ether oxygens (including phenoxy) is 1. The van der Waals surface area contributed by atoms with Crippen molar-refractivity contribution in [1.82, 2.24) is 0 Å². The van der Waals surface area contributed by atoms with Crippen LogP contribution < -0.4 is 0 Å². The Kier molecular flexibility index (Phi) is 4.95. The summed E-state index contributed by atoms with van der Waals surface area (Å²) in [6.45, 7) is 4.26. The number of hydrogen-bond donors (Lipinski definition) is 0. The summed E-state index contributed by atoms with van der Waals surface area (Å²) in [5.41, 5.74) is 0.659. The number of aliphatic imine (C=N–C) groups is 1. The molecule has 2 bridgehead atoms. The number of carbonyl (C=O) groups is 1. The highest BCUT2D eigenvalue weighted by Crippen LogP contribution is 2.67. The fourth-order valence-corrected chi connectivity index (χ4v) is 8.50. The number of benzene rings is 2. The summed E-state index contributed by atoms with van der Waals surface area (Å²) in [4.78, 5) is 17.9. The van der Waals surface area contributed by atoms with Crippen molar-refractivity contribution in [3.63, 3.8) is 0 Å². The van der Waals surface area contributed by atoms with E-state index in [1.54, 1.807) is 24.3 Å². The van der Waals surface area contributed by atoms with E-state index in [2.05, 4.69) is 34.8 Å². The van der Waals surface area contributed by atoms with E-state index in [1.807, 2.05) is 36.4 Å². The van der Waals surface area contributed by atoms with E-state index in [-0.39, 0.29) is 11.2 Å². The number of nitrogens with zero attached hydrogens (tertiary/aromatic N) is 1. The van der Waals surface area contributed by atoms with Crippen LogP contribution in [-0.4, -0.2) is 36.4 Å². The molecule has 5 rings (SSSR count). The second kappa shape index (κ2) is 7.26. The van der Waals surface area contributed by atoms with E-state index in [4.69, 9.17) is 4.74 Å². The van der Waals surface area contributed by atoms with Gasteiger partial charge in [-0.25, -0.2) is 18.2 Å². The molecule has 0 aromatic heterocycles. The lowest BCUT2D eigenvalue weighted by Crippen LogP contribution is -2.47. The lowest BCUT2D eigenvalue weighted by molar-refractivity contribution is -0.156. The van der Waals surface area contributed by atoms with E-state index in [1.165, 1.54) is 0 Å². The van der Waals surface area contributed by atoms with E-state index in [9.17, 15) is 13.2 Å². The molecule has 2 aliphatic carbocycles. The first kappa shape index (κ1) is 21.8. The van der Waals surface area contributed by atoms with Gasteiger partial charge in [-0.15, -0.1) is 0 Å². The van der Waals surface area contributed by atoms with Crippen LogP contribution in [0.1, 0.15) is 38.7 Å². The van der Waals surface area contributed by atoms with Gasteiger partial charge in [0.15, 0.2) is 9.84 Å². The first-order valence-corrected chi connectivity index (χ1v) is 13.4. The highest BCUT2D eigenvalue weighted by atomic mass is 79.9. The molecule has 2 aromatic rings. The largest absolute Gasteiger partial charge is 0.459 e. The molecule has 1 aliphatic heterocycles. The van der Waals surface area contributed by atoms with Gasteiger partial charge in [-0.1, -0.05) is 62.4 Å². The third-order valence-corrected chi connectivity index (χ3v) is 10.8. The number of halogens is 1. The molecule has 2 saturated carbocycles. The SMILES string of the molecule is CC1(C)C2CCC1(CS(=O)(=O)c1ccccc1)C(OC(=O)C1(Br)N=C1c1ccccc1)C2. The van der Waals surface area contributed by atoms with Gasteiger partial charge in [-0.3, -0.25) is 0 Å². The van der Waals surface area contributed by atoms with Crippen LogP contribution in [0.5, 0.6) is 0 Å². The minimum atomic E-state index is -3.53. The molecule has 7 heteroatoms. The average molecular weight is 516 g/mol. The monoisotopic (exact) mass is 515 g/mol. The first-order chi connectivity index (χ1) is 15.1. The van der Waals surface area contributed by atoms with Gasteiger partial charge in [0, 0.05) is 5.41 Å². The Bertz CT molecular complexity index is 1190. The molecule has 5 nitrogen and oxygen atoms in total. The minimum absolute atomic E-state index is 0.0207. The van der Waals surface area contributed by atoms with Crippen molar-refractivity contribution in [2.75, 3.05) is 5.75 Å². The summed E-state index contributed by atoms with van der Waals surface area (Å²) < 4.78 is 31.6. The second-order valence-electron chi connectivity index (χ2n) is 9.76. The first-order valence-electron chi connectivity index (χ1n) is 10.9. The van der Waals surface area contributed by atoms with Crippen molar-refractivity contribution in [2.24, 2.45) is 21.7 Å². The fraction of sp³-hybridized carbons (Fsp3) is 0.440. The van der Waals surface area contributed by atoms with Gasteiger partial charge in [0.25, 0.3) is 4.45 Å². The molecule has 32 heavy (non-hydrogen) atoms. The molecule has 0 N–H and O–H groups in total. The van der Waals surface area contributed by atoms with E-state index < -0.39 is 31.8 Å². The number of carbonyl (C=O) groups excluding carboxylic acids is 1. The molecule has 1 heterocycles. The van der Waals surface area contributed by atoms with Gasteiger partial charge >= 0.3 is 5.97 Å². The smallest absolute Gasteiger partial charge is 0.351 e. The van der Waals surface area contributed by atoms with Gasteiger partial charge in [0.1, 0.15) is 6.10 Å². The quantitative estimate of drug-likeness (QED) is 0.315. The maximum absolute atomic E-state index is 13.4. The molecule has 2 fully saturated rings. The topological polar surface area (TPSA) is 72.8 Å². The molecule has 2 aromatic carbocycles. The summed E-state index contributed by atoms with van der Waals surface area (Å²) in [6, 6.07) is 18.1. The highest BCUT2D eigenvalue weighted by molar-refractivity contribution is 9.10. The third kappa shape index (κ3) is 3.19. The standard InChI is InChI=1S/C25H26BrNO4S/c1-23(2)18-13-14-24(23,16-32(29,30)19-11-7-4-8-12-19)20(15-18)31-22(28)25(26)21(27-25)17-9-5-3-6-10-17/h3-12,18,20H,13-16H2,1-2H3. The van der Waals surface area contributed by atoms with Gasteiger partial charge in [0.2, 0.25) is 0 Å². The Balaban J connectivity index is 1.40. The Morgan fingerprint density at radius 3 is 2.34 bits per heavy atom. The number of esters is 1. The molecule has 3 aliphatic rings. The fourth-order valence-electron chi connectivity index (χ4n) is 5.88. The molecular formula is C25H26BrNO4S. The Morgan fingerprint density at radius 1 is 1.09 bits per heavy atom. The third-order valence-electron chi connectivity index (χ3n) is 8.00. The van der Waals surface area contributed by atoms with Crippen molar-refractivity contribution in [3.05, 3.63) is 66.2 Å². The second-order valence-corrected chi connectivity index (χ2v) is 12.9. The summed E-state index contributed by atoms with van der Waals surface area (Å²) in [7, 11) is -3.53.